The van der Waals surface area contributed by atoms with Crippen LogP contribution in [-0.2, 0) is 4.79 Å². The van der Waals surface area contributed by atoms with E-state index >= 15 is 0 Å². The number of hydrogen-bond acceptors (Lipinski definition) is 4. The number of carbonyl (C=O) groups excluding carboxylic acids is 1. The van der Waals surface area contributed by atoms with Crippen LogP contribution in [0, 0.1) is 0 Å². The normalized spacial score (nSPS) is 23.9. The van der Waals surface area contributed by atoms with Crippen molar-refractivity contribution in [2.75, 3.05) is 33.2 Å². The van der Waals surface area contributed by atoms with Crippen LogP contribution in [0.4, 0.5) is 0 Å². The van der Waals surface area contributed by atoms with Crippen molar-refractivity contribution in [1.29, 1.82) is 0 Å². The van der Waals surface area contributed by atoms with E-state index < -0.39 is 6.23 Å². The lowest BCUT2D eigenvalue weighted by atomic mass is 10.3. The van der Waals surface area contributed by atoms with E-state index in [1.54, 1.807) is 0 Å². The molecule has 0 aromatic rings. The van der Waals surface area contributed by atoms with Crippen LogP contribution >= 0.6 is 0 Å². The number of piperazine rings is 1. The van der Waals surface area contributed by atoms with E-state index in [9.17, 15) is 9.90 Å². The molecule has 1 aliphatic rings. The van der Waals surface area contributed by atoms with E-state index in [2.05, 4.69) is 4.90 Å². The summed E-state index contributed by atoms with van der Waals surface area (Å²) in [6.07, 6.45) is -0.890. The lowest BCUT2D eigenvalue weighted by Gasteiger charge is -2.34. The van der Waals surface area contributed by atoms with Gasteiger partial charge in [-0.15, -0.1) is 0 Å². The van der Waals surface area contributed by atoms with Crippen molar-refractivity contribution in [3.63, 3.8) is 0 Å². The zero-order chi connectivity index (χ0) is 9.14. The Morgan fingerprint density at radius 2 is 1.83 bits per heavy atom. The van der Waals surface area contributed by atoms with E-state index in [0.717, 1.165) is 26.2 Å². The van der Waals surface area contributed by atoms with Crippen LogP contribution in [0.1, 0.15) is 6.92 Å². The maximum atomic E-state index is 10.8. The predicted molar refractivity (Wildman–Crippen MR) is 45.8 cm³/mol. The highest BCUT2D eigenvalue weighted by atomic mass is 16.3. The van der Waals surface area contributed by atoms with Gasteiger partial charge in [-0.2, -0.15) is 0 Å². The molecule has 4 nitrogen and oxygen atoms in total. The second-order valence-electron chi connectivity index (χ2n) is 3.32. The zero-order valence-electron chi connectivity index (χ0n) is 7.66. The third-order valence-electron chi connectivity index (χ3n) is 2.25. The molecule has 1 rings (SSSR count). The summed E-state index contributed by atoms with van der Waals surface area (Å²) in [6.45, 7) is 4.81. The quantitative estimate of drug-likeness (QED) is 0.589. The maximum Gasteiger partial charge on any atom is 0.173 e. The lowest BCUT2D eigenvalue weighted by molar-refractivity contribution is -0.136. The molecule has 0 saturated carbocycles. The number of ketones is 1. The number of likely N-dealkylation sites (N-methyl/N-ethyl adjacent to an activating group) is 1. The van der Waals surface area contributed by atoms with Gasteiger partial charge in [0.25, 0.3) is 0 Å². The monoisotopic (exact) mass is 172 g/mol. The number of Topliss-reactive ketones (excluding diaryl/α,β-unsaturated/α-hetero) is 1. The second-order valence-corrected chi connectivity index (χ2v) is 3.32. The Hall–Kier alpha value is -0.450. The Morgan fingerprint density at radius 3 is 2.25 bits per heavy atom. The minimum atomic E-state index is -0.890. The number of aliphatic hydroxyl groups excluding tert-OH is 1. The second kappa shape index (κ2) is 3.98. The van der Waals surface area contributed by atoms with Gasteiger partial charge in [-0.25, -0.2) is 0 Å². The number of hydrogen-bond donors (Lipinski definition) is 1. The standard InChI is InChI=1S/C8H16N2O2/c1-7(11)8(12)10-5-3-9(2)4-6-10/h8,12H,3-6H2,1-2H3. The number of aliphatic hydroxyl groups is 1. The molecule has 1 aliphatic heterocycles. The number of rotatable bonds is 2. The first-order chi connectivity index (χ1) is 5.61. The summed E-state index contributed by atoms with van der Waals surface area (Å²) in [5.41, 5.74) is 0. The largest absolute Gasteiger partial charge is 0.371 e. The molecule has 1 heterocycles. The van der Waals surface area contributed by atoms with Crippen LogP contribution in [0.2, 0.25) is 0 Å². The van der Waals surface area contributed by atoms with Crippen LogP contribution in [0.5, 0.6) is 0 Å². The summed E-state index contributed by atoms with van der Waals surface area (Å²) in [6, 6.07) is 0. The molecular formula is C8H16N2O2. The molecule has 1 saturated heterocycles. The molecule has 70 valence electrons. The summed E-state index contributed by atoms with van der Waals surface area (Å²) in [4.78, 5) is 14.8. The molecule has 0 spiro atoms. The van der Waals surface area contributed by atoms with Crippen molar-refractivity contribution in [3.05, 3.63) is 0 Å². The summed E-state index contributed by atoms with van der Waals surface area (Å²) in [5.74, 6) is -0.167. The number of carbonyl (C=O) groups is 1. The molecule has 1 fully saturated rings. The minimum absolute atomic E-state index is 0.167. The highest BCUT2D eigenvalue weighted by Crippen LogP contribution is 2.03. The number of nitrogens with zero attached hydrogens (tertiary/aromatic N) is 2. The minimum Gasteiger partial charge on any atom is -0.371 e. The van der Waals surface area contributed by atoms with Gasteiger partial charge in [0.05, 0.1) is 0 Å². The van der Waals surface area contributed by atoms with Crippen molar-refractivity contribution in [2.24, 2.45) is 0 Å². The van der Waals surface area contributed by atoms with Gasteiger partial charge in [0.1, 0.15) is 0 Å². The van der Waals surface area contributed by atoms with E-state index in [1.165, 1.54) is 6.92 Å². The SMILES string of the molecule is CC(=O)C(O)N1CCN(C)CC1. The summed E-state index contributed by atoms with van der Waals surface area (Å²) in [5, 5.41) is 9.40. The van der Waals surface area contributed by atoms with Crippen LogP contribution in [0.3, 0.4) is 0 Å². The molecule has 0 aliphatic carbocycles. The van der Waals surface area contributed by atoms with E-state index in [1.807, 2.05) is 11.9 Å². The van der Waals surface area contributed by atoms with Gasteiger partial charge in [-0.1, -0.05) is 0 Å². The Morgan fingerprint density at radius 1 is 1.33 bits per heavy atom. The smallest absolute Gasteiger partial charge is 0.173 e. The Bertz CT molecular complexity index is 164. The first-order valence-electron chi connectivity index (χ1n) is 4.22. The molecule has 0 amide bonds. The predicted octanol–water partition coefficient (Wildman–Crippen LogP) is -0.859. The highest BCUT2D eigenvalue weighted by molar-refractivity contribution is 5.79. The van der Waals surface area contributed by atoms with Gasteiger partial charge in [0.15, 0.2) is 12.0 Å². The van der Waals surface area contributed by atoms with E-state index in [0.29, 0.717) is 0 Å². The van der Waals surface area contributed by atoms with Gasteiger partial charge >= 0.3 is 0 Å². The summed E-state index contributed by atoms with van der Waals surface area (Å²) >= 11 is 0. The van der Waals surface area contributed by atoms with Gasteiger partial charge in [-0.05, 0) is 14.0 Å². The van der Waals surface area contributed by atoms with Crippen LogP contribution in [-0.4, -0.2) is 60.1 Å². The molecule has 0 aromatic heterocycles. The third-order valence-corrected chi connectivity index (χ3v) is 2.25. The Balaban J connectivity index is 2.39. The van der Waals surface area contributed by atoms with Crippen molar-refractivity contribution in [3.8, 4) is 0 Å². The van der Waals surface area contributed by atoms with Gasteiger partial charge in [0, 0.05) is 26.2 Å². The highest BCUT2D eigenvalue weighted by Gasteiger charge is 2.22. The molecule has 1 N–H and O–H groups in total. The molecule has 0 bridgehead atoms. The van der Waals surface area contributed by atoms with Crippen LogP contribution < -0.4 is 0 Å². The molecule has 1 atom stereocenters. The first kappa shape index (κ1) is 9.64. The first-order valence-corrected chi connectivity index (χ1v) is 4.22. The van der Waals surface area contributed by atoms with E-state index in [4.69, 9.17) is 0 Å². The van der Waals surface area contributed by atoms with Gasteiger partial charge < -0.3 is 10.0 Å². The summed E-state index contributed by atoms with van der Waals surface area (Å²) in [7, 11) is 2.04. The fraction of sp³-hybridized carbons (Fsp3) is 0.875. The van der Waals surface area contributed by atoms with Crippen molar-refractivity contribution in [2.45, 2.75) is 13.2 Å². The molecule has 0 radical (unpaired) electrons. The Kier molecular flexibility index (Phi) is 3.20. The van der Waals surface area contributed by atoms with Crippen molar-refractivity contribution in [1.82, 2.24) is 9.80 Å². The van der Waals surface area contributed by atoms with Crippen LogP contribution in [0.25, 0.3) is 0 Å². The third kappa shape index (κ3) is 2.27. The van der Waals surface area contributed by atoms with Crippen LogP contribution in [0.15, 0.2) is 0 Å². The lowest BCUT2D eigenvalue weighted by Crippen LogP contribution is -2.51. The molecular weight excluding hydrogens is 156 g/mol. The zero-order valence-corrected chi connectivity index (χ0v) is 7.66. The fourth-order valence-electron chi connectivity index (χ4n) is 1.32. The maximum absolute atomic E-state index is 10.8. The van der Waals surface area contributed by atoms with Crippen molar-refractivity contribution < 1.29 is 9.90 Å². The molecule has 4 heteroatoms. The van der Waals surface area contributed by atoms with E-state index in [-0.39, 0.29) is 5.78 Å². The summed E-state index contributed by atoms with van der Waals surface area (Å²) < 4.78 is 0. The van der Waals surface area contributed by atoms with Gasteiger partial charge in [0.2, 0.25) is 0 Å². The molecule has 12 heavy (non-hydrogen) atoms. The average Bonchev–Trinajstić information content (AvgIpc) is 2.04. The Labute approximate surface area is 72.8 Å². The topological polar surface area (TPSA) is 43.8 Å². The molecule has 1 unspecified atom stereocenters. The fourth-order valence-corrected chi connectivity index (χ4v) is 1.32. The van der Waals surface area contributed by atoms with Crippen molar-refractivity contribution >= 4 is 5.78 Å². The average molecular weight is 172 g/mol. The van der Waals surface area contributed by atoms with Gasteiger partial charge in [-0.3, -0.25) is 9.69 Å². The molecule has 0 aromatic carbocycles.